The second kappa shape index (κ2) is 6.17. The van der Waals surface area contributed by atoms with Gasteiger partial charge in [0.25, 0.3) is 10.2 Å². The SMILES string of the molecule is CN(C)S(=O)(=O)N1CCN(C(=O)C2(N)CCOCC2)CC1. The largest absolute Gasteiger partial charge is 0.381 e. The fourth-order valence-electron chi connectivity index (χ4n) is 2.62. The summed E-state index contributed by atoms with van der Waals surface area (Å²) in [6, 6.07) is 0. The van der Waals surface area contributed by atoms with Crippen molar-refractivity contribution in [1.29, 1.82) is 0 Å². The summed E-state index contributed by atoms with van der Waals surface area (Å²) in [4.78, 5) is 14.2. The molecule has 8 nitrogen and oxygen atoms in total. The third kappa shape index (κ3) is 3.37. The highest BCUT2D eigenvalue weighted by Gasteiger charge is 2.40. The lowest BCUT2D eigenvalue weighted by Gasteiger charge is -2.40. The summed E-state index contributed by atoms with van der Waals surface area (Å²) >= 11 is 0. The Morgan fingerprint density at radius 2 is 1.67 bits per heavy atom. The van der Waals surface area contributed by atoms with Crippen LogP contribution in [-0.4, -0.2) is 86.9 Å². The fourth-order valence-corrected chi connectivity index (χ4v) is 3.70. The first-order valence-electron chi connectivity index (χ1n) is 7.11. The predicted molar refractivity (Wildman–Crippen MR) is 77.7 cm³/mol. The van der Waals surface area contributed by atoms with Crippen LogP contribution in [0.25, 0.3) is 0 Å². The maximum Gasteiger partial charge on any atom is 0.281 e. The molecule has 1 amide bonds. The monoisotopic (exact) mass is 320 g/mol. The zero-order valence-electron chi connectivity index (χ0n) is 12.6. The minimum atomic E-state index is -3.41. The maximum absolute atomic E-state index is 12.5. The van der Waals surface area contributed by atoms with Crippen LogP contribution in [0.3, 0.4) is 0 Å². The molecule has 2 aliphatic rings. The Hall–Kier alpha value is -0.740. The van der Waals surface area contributed by atoms with Gasteiger partial charge in [-0.05, 0) is 12.8 Å². The van der Waals surface area contributed by atoms with Crippen molar-refractivity contribution < 1.29 is 17.9 Å². The molecule has 2 N–H and O–H groups in total. The average molecular weight is 320 g/mol. The Labute approximate surface area is 126 Å². The van der Waals surface area contributed by atoms with Gasteiger partial charge in [0.2, 0.25) is 5.91 Å². The smallest absolute Gasteiger partial charge is 0.281 e. The Morgan fingerprint density at radius 1 is 1.14 bits per heavy atom. The van der Waals surface area contributed by atoms with E-state index in [9.17, 15) is 13.2 Å². The van der Waals surface area contributed by atoms with Gasteiger partial charge in [-0.3, -0.25) is 4.79 Å². The highest BCUT2D eigenvalue weighted by atomic mass is 32.2. The summed E-state index contributed by atoms with van der Waals surface area (Å²) in [6.07, 6.45) is 1.03. The third-order valence-corrected chi connectivity index (χ3v) is 6.07. The summed E-state index contributed by atoms with van der Waals surface area (Å²) in [7, 11) is -0.404. The van der Waals surface area contributed by atoms with Gasteiger partial charge in [-0.15, -0.1) is 0 Å². The lowest BCUT2D eigenvalue weighted by atomic mass is 9.89. The van der Waals surface area contributed by atoms with Gasteiger partial charge < -0.3 is 15.4 Å². The first kappa shape index (κ1) is 16.6. The minimum absolute atomic E-state index is 0.0901. The first-order chi connectivity index (χ1) is 9.77. The molecular weight excluding hydrogens is 296 g/mol. The van der Waals surface area contributed by atoms with Crippen LogP contribution in [-0.2, 0) is 19.7 Å². The minimum Gasteiger partial charge on any atom is -0.381 e. The zero-order valence-corrected chi connectivity index (χ0v) is 13.4. The molecule has 0 aliphatic carbocycles. The van der Waals surface area contributed by atoms with Crippen LogP contribution in [0.15, 0.2) is 0 Å². The number of hydrogen-bond acceptors (Lipinski definition) is 5. The number of amides is 1. The van der Waals surface area contributed by atoms with E-state index in [0.29, 0.717) is 52.2 Å². The van der Waals surface area contributed by atoms with E-state index < -0.39 is 15.7 Å². The van der Waals surface area contributed by atoms with E-state index in [2.05, 4.69) is 0 Å². The average Bonchev–Trinajstić information content (AvgIpc) is 2.47. The molecule has 0 saturated carbocycles. The van der Waals surface area contributed by atoms with Gasteiger partial charge in [0, 0.05) is 53.5 Å². The van der Waals surface area contributed by atoms with Crippen molar-refractivity contribution in [3.05, 3.63) is 0 Å². The Balaban J connectivity index is 1.96. The van der Waals surface area contributed by atoms with Crippen LogP contribution >= 0.6 is 0 Å². The molecule has 0 aromatic carbocycles. The van der Waals surface area contributed by atoms with Crippen molar-refractivity contribution in [2.75, 3.05) is 53.5 Å². The highest BCUT2D eigenvalue weighted by molar-refractivity contribution is 7.86. The second-order valence-corrected chi connectivity index (χ2v) is 7.89. The van der Waals surface area contributed by atoms with Crippen molar-refractivity contribution in [1.82, 2.24) is 13.5 Å². The quantitative estimate of drug-likeness (QED) is 0.679. The summed E-state index contributed by atoms with van der Waals surface area (Å²) in [5, 5.41) is 0. The molecular formula is C12H24N4O4S. The molecule has 2 heterocycles. The molecule has 122 valence electrons. The van der Waals surface area contributed by atoms with Crippen molar-refractivity contribution in [2.24, 2.45) is 5.73 Å². The number of hydrogen-bond donors (Lipinski definition) is 1. The normalized spacial score (nSPS) is 24.3. The lowest BCUT2D eigenvalue weighted by Crippen LogP contribution is -2.62. The van der Waals surface area contributed by atoms with E-state index in [1.165, 1.54) is 22.7 Å². The van der Waals surface area contributed by atoms with Gasteiger partial charge in [-0.25, -0.2) is 0 Å². The van der Waals surface area contributed by atoms with E-state index in [1.54, 1.807) is 4.90 Å². The molecule has 2 fully saturated rings. The third-order valence-electron chi connectivity index (χ3n) is 4.12. The Bertz CT molecular complexity index is 479. The summed E-state index contributed by atoms with van der Waals surface area (Å²) in [5.41, 5.74) is 5.33. The van der Waals surface area contributed by atoms with Crippen molar-refractivity contribution in [2.45, 2.75) is 18.4 Å². The number of carbonyl (C=O) groups is 1. The number of nitrogens with two attached hydrogens (primary N) is 1. The molecule has 9 heteroatoms. The second-order valence-electron chi connectivity index (χ2n) is 5.75. The molecule has 0 spiro atoms. The van der Waals surface area contributed by atoms with Gasteiger partial charge in [0.1, 0.15) is 0 Å². The predicted octanol–water partition coefficient (Wildman–Crippen LogP) is -1.56. The molecule has 2 saturated heterocycles. The molecule has 21 heavy (non-hydrogen) atoms. The van der Waals surface area contributed by atoms with Gasteiger partial charge in [0.05, 0.1) is 5.54 Å². The number of piperazine rings is 1. The van der Waals surface area contributed by atoms with E-state index in [4.69, 9.17) is 10.5 Å². The topological polar surface area (TPSA) is 96.2 Å². The standard InChI is InChI=1S/C12H24N4O4S/c1-14(2)21(18,19)16-7-5-15(6-8-16)11(17)12(13)3-9-20-10-4-12/h3-10,13H2,1-2H3. The van der Waals surface area contributed by atoms with Crippen molar-refractivity contribution in [3.63, 3.8) is 0 Å². The first-order valence-corrected chi connectivity index (χ1v) is 8.51. The maximum atomic E-state index is 12.5. The number of rotatable bonds is 3. The van der Waals surface area contributed by atoms with Crippen molar-refractivity contribution in [3.8, 4) is 0 Å². The Kier molecular flexibility index (Phi) is 4.89. The van der Waals surface area contributed by atoms with Crippen LogP contribution in [0, 0.1) is 0 Å². The summed E-state index contributed by atoms with van der Waals surface area (Å²) < 4.78 is 31.9. The molecule has 0 unspecified atom stereocenters. The van der Waals surface area contributed by atoms with Crippen LogP contribution < -0.4 is 5.73 Å². The number of nitrogens with zero attached hydrogens (tertiary/aromatic N) is 3. The zero-order chi connectivity index (χ0) is 15.7. The number of carbonyl (C=O) groups excluding carboxylic acids is 1. The highest BCUT2D eigenvalue weighted by Crippen LogP contribution is 2.22. The van der Waals surface area contributed by atoms with E-state index in [-0.39, 0.29) is 5.91 Å². The van der Waals surface area contributed by atoms with Gasteiger partial charge >= 0.3 is 0 Å². The molecule has 0 aromatic rings. The van der Waals surface area contributed by atoms with Gasteiger partial charge in [-0.2, -0.15) is 17.0 Å². The molecule has 0 aromatic heterocycles. The van der Waals surface area contributed by atoms with Crippen molar-refractivity contribution >= 4 is 16.1 Å². The summed E-state index contributed by atoms with van der Waals surface area (Å²) in [6.45, 7) is 2.36. The molecule has 0 atom stereocenters. The van der Waals surface area contributed by atoms with Gasteiger partial charge in [-0.1, -0.05) is 0 Å². The summed E-state index contributed by atoms with van der Waals surface area (Å²) in [5.74, 6) is -0.0901. The molecule has 0 bridgehead atoms. The van der Waals surface area contributed by atoms with E-state index in [0.717, 1.165) is 0 Å². The van der Waals surface area contributed by atoms with Crippen LogP contribution in [0.2, 0.25) is 0 Å². The number of ether oxygens (including phenoxy) is 1. The van der Waals surface area contributed by atoms with E-state index in [1.807, 2.05) is 0 Å². The van der Waals surface area contributed by atoms with Crippen LogP contribution in [0.5, 0.6) is 0 Å². The van der Waals surface area contributed by atoms with E-state index >= 15 is 0 Å². The van der Waals surface area contributed by atoms with Crippen LogP contribution in [0.1, 0.15) is 12.8 Å². The van der Waals surface area contributed by atoms with Crippen LogP contribution in [0.4, 0.5) is 0 Å². The van der Waals surface area contributed by atoms with Gasteiger partial charge in [0.15, 0.2) is 0 Å². The molecule has 2 aliphatic heterocycles. The molecule has 2 rings (SSSR count). The lowest BCUT2D eigenvalue weighted by molar-refractivity contribution is -0.141. The fraction of sp³-hybridized carbons (Fsp3) is 0.917. The Morgan fingerprint density at radius 3 is 2.14 bits per heavy atom. The molecule has 0 radical (unpaired) electrons.